The van der Waals surface area contributed by atoms with Gasteiger partial charge in [0.2, 0.25) is 0 Å². The molecule has 1 aromatic rings. The second kappa shape index (κ2) is 4.41. The van der Waals surface area contributed by atoms with Crippen LogP contribution in [0, 0.1) is 0 Å². The van der Waals surface area contributed by atoms with Crippen LogP contribution in [0.1, 0.15) is 19.4 Å². The van der Waals surface area contributed by atoms with Gasteiger partial charge >= 0.3 is 0 Å². The maximum absolute atomic E-state index is 6.02. The zero-order chi connectivity index (χ0) is 10.8. The van der Waals surface area contributed by atoms with Gasteiger partial charge in [0.15, 0.2) is 0 Å². The average molecular weight is 233 g/mol. The van der Waals surface area contributed by atoms with Crippen molar-refractivity contribution in [2.75, 3.05) is 13.0 Å². The lowest BCUT2D eigenvalue weighted by atomic mass is 9.87. The Kier molecular flexibility index (Phi) is 3.68. The van der Waals surface area contributed by atoms with Crippen LogP contribution >= 0.6 is 23.2 Å². The van der Waals surface area contributed by atoms with Crippen LogP contribution in [-0.4, -0.2) is 13.0 Å². The fourth-order valence-corrected chi connectivity index (χ4v) is 1.58. The minimum atomic E-state index is -0.0581. The van der Waals surface area contributed by atoms with Crippen molar-refractivity contribution in [3.05, 3.63) is 28.8 Å². The molecule has 0 aromatic heterocycles. The van der Waals surface area contributed by atoms with Crippen molar-refractivity contribution in [3.8, 4) is 5.75 Å². The number of hydrogen-bond donors (Lipinski definition) is 0. The van der Waals surface area contributed by atoms with E-state index < -0.39 is 0 Å². The molecule has 1 rings (SSSR count). The number of alkyl halides is 1. The molecule has 0 amide bonds. The Balaban J connectivity index is 3.08. The fraction of sp³-hybridized carbons (Fsp3) is 0.455. The molecule has 0 bridgehead atoms. The van der Waals surface area contributed by atoms with E-state index in [0.717, 1.165) is 5.56 Å². The molecule has 0 heterocycles. The van der Waals surface area contributed by atoms with Crippen molar-refractivity contribution in [2.24, 2.45) is 0 Å². The number of benzene rings is 1. The molecule has 0 fully saturated rings. The highest BCUT2D eigenvalue weighted by molar-refractivity contribution is 6.32. The van der Waals surface area contributed by atoms with E-state index in [1.165, 1.54) is 0 Å². The summed E-state index contributed by atoms with van der Waals surface area (Å²) in [6, 6.07) is 5.77. The molecule has 0 spiro atoms. The predicted octanol–water partition coefficient (Wildman–Crippen LogP) is 3.87. The lowest BCUT2D eigenvalue weighted by Gasteiger charge is -2.22. The molecular weight excluding hydrogens is 219 g/mol. The summed E-state index contributed by atoms with van der Waals surface area (Å²) in [4.78, 5) is 0. The number of halogens is 2. The van der Waals surface area contributed by atoms with Gasteiger partial charge in [-0.15, -0.1) is 11.6 Å². The van der Waals surface area contributed by atoms with Crippen LogP contribution in [0.3, 0.4) is 0 Å². The van der Waals surface area contributed by atoms with E-state index in [4.69, 9.17) is 27.9 Å². The summed E-state index contributed by atoms with van der Waals surface area (Å²) in [6.45, 7) is 4.16. The van der Waals surface area contributed by atoms with Crippen LogP contribution in [-0.2, 0) is 5.41 Å². The highest BCUT2D eigenvalue weighted by Gasteiger charge is 2.20. The highest BCUT2D eigenvalue weighted by Crippen LogP contribution is 2.31. The first kappa shape index (κ1) is 11.7. The van der Waals surface area contributed by atoms with E-state index in [0.29, 0.717) is 16.7 Å². The third-order valence-corrected chi connectivity index (χ3v) is 3.23. The Bertz CT molecular complexity index is 321. The van der Waals surface area contributed by atoms with Crippen LogP contribution in [0.4, 0.5) is 0 Å². The van der Waals surface area contributed by atoms with Crippen LogP contribution in [0.2, 0.25) is 5.02 Å². The predicted molar refractivity (Wildman–Crippen MR) is 61.8 cm³/mol. The SMILES string of the molecule is COc1ccc(C(C)(C)CCl)cc1Cl. The van der Waals surface area contributed by atoms with Crippen LogP contribution in [0.5, 0.6) is 5.75 Å². The molecular formula is C11H14Cl2O. The lowest BCUT2D eigenvalue weighted by molar-refractivity contribution is 0.414. The van der Waals surface area contributed by atoms with Gasteiger partial charge in [-0.1, -0.05) is 31.5 Å². The van der Waals surface area contributed by atoms with Crippen molar-refractivity contribution < 1.29 is 4.74 Å². The van der Waals surface area contributed by atoms with Crippen molar-refractivity contribution in [1.82, 2.24) is 0 Å². The van der Waals surface area contributed by atoms with Gasteiger partial charge in [-0.2, -0.15) is 0 Å². The molecule has 1 nitrogen and oxygen atoms in total. The monoisotopic (exact) mass is 232 g/mol. The summed E-state index contributed by atoms with van der Waals surface area (Å²) in [5.74, 6) is 1.26. The third kappa shape index (κ3) is 2.34. The third-order valence-electron chi connectivity index (χ3n) is 2.27. The van der Waals surface area contributed by atoms with Gasteiger partial charge in [0.1, 0.15) is 5.75 Å². The molecule has 3 heteroatoms. The van der Waals surface area contributed by atoms with E-state index in [1.54, 1.807) is 7.11 Å². The normalized spacial score (nSPS) is 11.5. The Labute approximate surface area is 95.0 Å². The van der Waals surface area contributed by atoms with Crippen molar-refractivity contribution in [3.63, 3.8) is 0 Å². The molecule has 0 saturated heterocycles. The van der Waals surface area contributed by atoms with E-state index in [1.807, 2.05) is 18.2 Å². The first-order valence-corrected chi connectivity index (χ1v) is 5.32. The first-order chi connectivity index (χ1) is 6.51. The smallest absolute Gasteiger partial charge is 0.137 e. The van der Waals surface area contributed by atoms with Crippen LogP contribution in [0.25, 0.3) is 0 Å². The molecule has 0 radical (unpaired) electrons. The van der Waals surface area contributed by atoms with Crippen LogP contribution in [0.15, 0.2) is 18.2 Å². The summed E-state index contributed by atoms with van der Waals surface area (Å²) in [6.07, 6.45) is 0. The standard InChI is InChI=1S/C11H14Cl2O/c1-11(2,7-12)8-4-5-10(14-3)9(13)6-8/h4-6H,7H2,1-3H3. The van der Waals surface area contributed by atoms with Gasteiger partial charge in [-0.25, -0.2) is 0 Å². The van der Waals surface area contributed by atoms with E-state index in [-0.39, 0.29) is 5.41 Å². The molecule has 78 valence electrons. The lowest BCUT2D eigenvalue weighted by Crippen LogP contribution is -2.18. The molecule has 0 aliphatic heterocycles. The zero-order valence-corrected chi connectivity index (χ0v) is 10.1. The molecule has 0 unspecified atom stereocenters. The zero-order valence-electron chi connectivity index (χ0n) is 8.60. The Morgan fingerprint density at radius 3 is 2.43 bits per heavy atom. The quantitative estimate of drug-likeness (QED) is 0.720. The Morgan fingerprint density at radius 2 is 2.00 bits per heavy atom. The number of methoxy groups -OCH3 is 1. The van der Waals surface area contributed by atoms with E-state index >= 15 is 0 Å². The summed E-state index contributed by atoms with van der Waals surface area (Å²) >= 11 is 11.9. The molecule has 1 aromatic carbocycles. The number of rotatable bonds is 3. The van der Waals surface area contributed by atoms with Crippen LogP contribution < -0.4 is 4.74 Å². The highest BCUT2D eigenvalue weighted by atomic mass is 35.5. The minimum Gasteiger partial charge on any atom is -0.495 e. The summed E-state index contributed by atoms with van der Waals surface area (Å²) in [5, 5.41) is 0.628. The maximum Gasteiger partial charge on any atom is 0.137 e. The number of ether oxygens (including phenoxy) is 1. The topological polar surface area (TPSA) is 9.23 Å². The van der Waals surface area contributed by atoms with Crippen molar-refractivity contribution in [2.45, 2.75) is 19.3 Å². The first-order valence-electron chi connectivity index (χ1n) is 4.41. The summed E-state index contributed by atoms with van der Waals surface area (Å²) in [5.41, 5.74) is 1.07. The van der Waals surface area contributed by atoms with Gasteiger partial charge in [0.05, 0.1) is 12.1 Å². The molecule has 0 N–H and O–H groups in total. The summed E-state index contributed by atoms with van der Waals surface area (Å²) in [7, 11) is 1.60. The molecule has 0 saturated carbocycles. The van der Waals surface area contributed by atoms with E-state index in [2.05, 4.69) is 13.8 Å². The fourth-order valence-electron chi connectivity index (χ4n) is 1.16. The molecule has 0 aliphatic rings. The second-order valence-electron chi connectivity index (χ2n) is 3.87. The largest absolute Gasteiger partial charge is 0.495 e. The average Bonchev–Trinajstić information content (AvgIpc) is 2.17. The molecule has 0 atom stereocenters. The summed E-state index contributed by atoms with van der Waals surface area (Å²) < 4.78 is 5.08. The van der Waals surface area contributed by atoms with E-state index in [9.17, 15) is 0 Å². The van der Waals surface area contributed by atoms with Crippen molar-refractivity contribution >= 4 is 23.2 Å². The van der Waals surface area contributed by atoms with Gasteiger partial charge in [0.25, 0.3) is 0 Å². The Hall–Kier alpha value is -0.400. The minimum absolute atomic E-state index is 0.0581. The van der Waals surface area contributed by atoms with Crippen molar-refractivity contribution in [1.29, 1.82) is 0 Å². The maximum atomic E-state index is 6.02. The van der Waals surface area contributed by atoms with Gasteiger partial charge in [0, 0.05) is 11.3 Å². The molecule has 14 heavy (non-hydrogen) atoms. The van der Waals surface area contributed by atoms with Gasteiger partial charge < -0.3 is 4.74 Å². The van der Waals surface area contributed by atoms with Gasteiger partial charge in [-0.3, -0.25) is 0 Å². The molecule has 0 aliphatic carbocycles. The second-order valence-corrected chi connectivity index (χ2v) is 4.54. The number of hydrogen-bond acceptors (Lipinski definition) is 1. The van der Waals surface area contributed by atoms with Gasteiger partial charge in [-0.05, 0) is 17.7 Å². The Morgan fingerprint density at radius 1 is 1.36 bits per heavy atom.